The molecular weight excluding hydrogens is 348 g/mol. The molecule has 0 heterocycles. The molecule has 3 N–H and O–H groups in total. The third-order valence-corrected chi connectivity index (χ3v) is 4.54. The van der Waals surface area contributed by atoms with Crippen molar-refractivity contribution in [3.8, 4) is 0 Å². The zero-order chi connectivity index (χ0) is 15.3. The van der Waals surface area contributed by atoms with Crippen LogP contribution in [0.1, 0.15) is 17.3 Å². The molecule has 0 fully saturated rings. The Hall–Kier alpha value is -1.41. The van der Waals surface area contributed by atoms with Crippen molar-refractivity contribution in [1.82, 2.24) is 5.32 Å². The molecule has 0 aliphatic rings. The SMILES string of the molecule is CC(CNC(=O)Nc1ccc(C(=O)O)cc1Br)S(C)=O. The number of aromatic carboxylic acids is 1. The highest BCUT2D eigenvalue weighted by atomic mass is 79.9. The maximum Gasteiger partial charge on any atom is 0.335 e. The van der Waals surface area contributed by atoms with Gasteiger partial charge in [-0.05, 0) is 41.1 Å². The van der Waals surface area contributed by atoms with E-state index >= 15 is 0 Å². The first-order chi connectivity index (χ1) is 9.31. The van der Waals surface area contributed by atoms with Crippen molar-refractivity contribution in [3.05, 3.63) is 28.2 Å². The second-order valence-electron chi connectivity index (χ2n) is 4.14. The fourth-order valence-corrected chi connectivity index (χ4v) is 2.07. The van der Waals surface area contributed by atoms with Gasteiger partial charge in [-0.2, -0.15) is 0 Å². The number of carbonyl (C=O) groups excluding carboxylic acids is 1. The highest BCUT2D eigenvalue weighted by Gasteiger charge is 2.11. The predicted octanol–water partition coefficient (Wildman–Crippen LogP) is 2.04. The fraction of sp³-hybridized carbons (Fsp3) is 0.333. The zero-order valence-corrected chi connectivity index (χ0v) is 13.4. The first-order valence-electron chi connectivity index (χ1n) is 5.71. The molecule has 1 aromatic rings. The second-order valence-corrected chi connectivity index (χ2v) is 6.80. The fourth-order valence-electron chi connectivity index (χ4n) is 1.27. The zero-order valence-electron chi connectivity index (χ0n) is 11.0. The van der Waals surface area contributed by atoms with Crippen molar-refractivity contribution < 1.29 is 18.9 Å². The Kier molecular flexibility index (Phi) is 6.15. The molecule has 0 aromatic heterocycles. The van der Waals surface area contributed by atoms with E-state index < -0.39 is 22.8 Å². The number of carbonyl (C=O) groups is 2. The summed E-state index contributed by atoms with van der Waals surface area (Å²) in [5.74, 6) is -1.04. The maximum atomic E-state index is 11.7. The molecular formula is C12H15BrN2O4S. The van der Waals surface area contributed by atoms with Gasteiger partial charge in [0.2, 0.25) is 0 Å². The van der Waals surface area contributed by atoms with Crippen LogP contribution in [0.3, 0.4) is 0 Å². The molecule has 0 saturated carbocycles. The standard InChI is InChI=1S/C12H15BrN2O4S/c1-7(20(2)19)6-14-12(18)15-10-4-3-8(11(16)17)5-9(10)13/h3-5,7H,6H2,1-2H3,(H,16,17)(H2,14,15,18). The van der Waals surface area contributed by atoms with Crippen molar-refractivity contribution in [1.29, 1.82) is 0 Å². The maximum absolute atomic E-state index is 11.7. The summed E-state index contributed by atoms with van der Waals surface area (Å²) in [6.45, 7) is 2.06. The number of halogens is 1. The third-order valence-electron chi connectivity index (χ3n) is 2.58. The van der Waals surface area contributed by atoms with E-state index in [1.165, 1.54) is 18.2 Å². The van der Waals surface area contributed by atoms with Crippen LogP contribution in [0.4, 0.5) is 10.5 Å². The molecule has 0 radical (unpaired) electrons. The van der Waals surface area contributed by atoms with E-state index in [9.17, 15) is 13.8 Å². The van der Waals surface area contributed by atoms with Crippen molar-refractivity contribution in [2.24, 2.45) is 0 Å². The van der Waals surface area contributed by atoms with Gasteiger partial charge >= 0.3 is 12.0 Å². The van der Waals surface area contributed by atoms with E-state index in [1.54, 1.807) is 13.2 Å². The lowest BCUT2D eigenvalue weighted by Gasteiger charge is -2.12. The Labute approximate surface area is 127 Å². The minimum Gasteiger partial charge on any atom is -0.478 e. The lowest BCUT2D eigenvalue weighted by molar-refractivity contribution is 0.0697. The second kappa shape index (κ2) is 7.39. The monoisotopic (exact) mass is 362 g/mol. The van der Waals surface area contributed by atoms with E-state index in [2.05, 4.69) is 26.6 Å². The average Bonchev–Trinajstić information content (AvgIpc) is 2.37. The van der Waals surface area contributed by atoms with Gasteiger partial charge in [0.1, 0.15) is 0 Å². The number of anilines is 1. The van der Waals surface area contributed by atoms with Crippen LogP contribution in [-0.2, 0) is 10.8 Å². The molecule has 2 amide bonds. The van der Waals surface area contributed by atoms with E-state index in [-0.39, 0.29) is 10.8 Å². The molecule has 2 atom stereocenters. The molecule has 2 unspecified atom stereocenters. The Bertz CT molecular complexity index is 550. The van der Waals surface area contributed by atoms with Crippen LogP contribution in [0.5, 0.6) is 0 Å². The molecule has 6 nitrogen and oxygen atoms in total. The van der Waals surface area contributed by atoms with Crippen LogP contribution in [0.2, 0.25) is 0 Å². The minimum absolute atomic E-state index is 0.123. The van der Waals surface area contributed by atoms with E-state index in [1.807, 2.05) is 0 Å². The number of carboxylic acid groups (broad SMARTS) is 1. The van der Waals surface area contributed by atoms with Gasteiger partial charge in [0, 0.05) is 33.3 Å². The van der Waals surface area contributed by atoms with E-state index in [0.717, 1.165) is 0 Å². The summed E-state index contributed by atoms with van der Waals surface area (Å²) in [5.41, 5.74) is 0.579. The average molecular weight is 363 g/mol. The summed E-state index contributed by atoms with van der Waals surface area (Å²) < 4.78 is 11.6. The molecule has 110 valence electrons. The van der Waals surface area contributed by atoms with Crippen LogP contribution in [0.15, 0.2) is 22.7 Å². The van der Waals surface area contributed by atoms with Gasteiger partial charge in [0.25, 0.3) is 0 Å². The summed E-state index contributed by atoms with van der Waals surface area (Å²) in [6, 6.07) is 3.86. The van der Waals surface area contributed by atoms with Gasteiger partial charge in [0.15, 0.2) is 0 Å². The van der Waals surface area contributed by atoms with E-state index in [0.29, 0.717) is 16.7 Å². The topological polar surface area (TPSA) is 95.5 Å². The van der Waals surface area contributed by atoms with Gasteiger partial charge < -0.3 is 15.7 Å². The first-order valence-corrected chi connectivity index (χ1v) is 8.12. The summed E-state index contributed by atoms with van der Waals surface area (Å²) in [7, 11) is -1.00. The molecule has 1 aromatic carbocycles. The number of amides is 2. The summed E-state index contributed by atoms with van der Waals surface area (Å²) in [5, 5.41) is 13.9. The van der Waals surface area contributed by atoms with Gasteiger partial charge in [-0.1, -0.05) is 0 Å². The quantitative estimate of drug-likeness (QED) is 0.746. The molecule has 1 rings (SSSR count). The summed E-state index contributed by atoms with van der Waals surface area (Å²) >= 11 is 3.19. The largest absolute Gasteiger partial charge is 0.478 e. The number of carboxylic acids is 1. The number of nitrogens with one attached hydrogen (secondary N) is 2. The number of urea groups is 1. The van der Waals surface area contributed by atoms with E-state index in [4.69, 9.17) is 5.11 Å². The lowest BCUT2D eigenvalue weighted by atomic mass is 10.2. The van der Waals surface area contributed by atoms with Crippen molar-refractivity contribution in [2.45, 2.75) is 12.2 Å². The molecule has 0 spiro atoms. The van der Waals surface area contributed by atoms with Crippen molar-refractivity contribution in [3.63, 3.8) is 0 Å². The Morgan fingerprint density at radius 2 is 2.10 bits per heavy atom. The van der Waals surface area contributed by atoms with Crippen LogP contribution in [0, 0.1) is 0 Å². The third kappa shape index (κ3) is 4.93. The van der Waals surface area contributed by atoms with Crippen molar-refractivity contribution in [2.75, 3.05) is 18.1 Å². The number of benzene rings is 1. The molecule has 8 heteroatoms. The van der Waals surface area contributed by atoms with Gasteiger partial charge in [-0.15, -0.1) is 0 Å². The van der Waals surface area contributed by atoms with Crippen LogP contribution in [-0.4, -0.2) is 39.4 Å². The predicted molar refractivity (Wildman–Crippen MR) is 81.7 cm³/mol. The van der Waals surface area contributed by atoms with Crippen LogP contribution in [0.25, 0.3) is 0 Å². The first kappa shape index (κ1) is 16.6. The normalized spacial score (nSPS) is 13.3. The molecule has 0 aliphatic heterocycles. The molecule has 0 saturated heterocycles. The van der Waals surface area contributed by atoms with Crippen molar-refractivity contribution >= 4 is 44.4 Å². The smallest absolute Gasteiger partial charge is 0.335 e. The number of hydrogen-bond donors (Lipinski definition) is 3. The molecule has 0 bridgehead atoms. The minimum atomic E-state index is -1.04. The Morgan fingerprint density at radius 3 is 2.60 bits per heavy atom. The Balaban J connectivity index is 2.62. The highest BCUT2D eigenvalue weighted by molar-refractivity contribution is 9.10. The molecule has 0 aliphatic carbocycles. The van der Waals surface area contributed by atoms with Gasteiger partial charge in [0.05, 0.1) is 11.3 Å². The van der Waals surface area contributed by atoms with Gasteiger partial charge in [-0.25, -0.2) is 9.59 Å². The van der Waals surface area contributed by atoms with Gasteiger partial charge in [-0.3, -0.25) is 4.21 Å². The highest BCUT2D eigenvalue weighted by Crippen LogP contribution is 2.23. The number of rotatable bonds is 5. The van der Waals surface area contributed by atoms with Crippen LogP contribution < -0.4 is 10.6 Å². The lowest BCUT2D eigenvalue weighted by Crippen LogP contribution is -2.35. The summed E-state index contributed by atoms with van der Waals surface area (Å²) in [4.78, 5) is 22.4. The number of hydrogen-bond acceptors (Lipinski definition) is 3. The summed E-state index contributed by atoms with van der Waals surface area (Å²) in [6.07, 6.45) is 1.57. The molecule has 20 heavy (non-hydrogen) atoms. The Morgan fingerprint density at radius 1 is 1.45 bits per heavy atom. The van der Waals surface area contributed by atoms with Crippen LogP contribution >= 0.6 is 15.9 Å².